The van der Waals surface area contributed by atoms with Crippen LogP contribution in [0.2, 0.25) is 0 Å². The second kappa shape index (κ2) is 5.63. The molecule has 94 valence electrons. The van der Waals surface area contributed by atoms with Crippen LogP contribution in [0.1, 0.15) is 60.8 Å². The highest BCUT2D eigenvalue weighted by molar-refractivity contribution is 7.17. The standard InChI is InChI=1S/C13H20N2OS/c1-3-10(2)12-11(9-16)17-13(14-12)15-7-5-4-6-8-15/h9-10H,3-8H2,1-2H3. The average molecular weight is 252 g/mol. The normalized spacial score (nSPS) is 18.1. The summed E-state index contributed by atoms with van der Waals surface area (Å²) in [7, 11) is 0. The predicted octanol–water partition coefficient (Wildman–Crippen LogP) is 3.46. The fourth-order valence-electron chi connectivity index (χ4n) is 2.18. The van der Waals surface area contributed by atoms with Crippen LogP contribution in [0.3, 0.4) is 0 Å². The van der Waals surface area contributed by atoms with Crippen molar-refractivity contribution in [3.63, 3.8) is 0 Å². The van der Waals surface area contributed by atoms with Crippen LogP contribution in [-0.2, 0) is 0 Å². The molecule has 1 unspecified atom stereocenters. The third-order valence-electron chi connectivity index (χ3n) is 3.48. The predicted molar refractivity (Wildman–Crippen MR) is 72.3 cm³/mol. The molecule has 0 N–H and O–H groups in total. The monoisotopic (exact) mass is 252 g/mol. The highest BCUT2D eigenvalue weighted by Gasteiger charge is 2.20. The Morgan fingerprint density at radius 2 is 2.12 bits per heavy atom. The summed E-state index contributed by atoms with van der Waals surface area (Å²) in [5, 5.41) is 1.04. The van der Waals surface area contributed by atoms with Crippen molar-refractivity contribution in [3.8, 4) is 0 Å². The fourth-order valence-corrected chi connectivity index (χ4v) is 3.23. The molecular weight excluding hydrogens is 232 g/mol. The summed E-state index contributed by atoms with van der Waals surface area (Å²) >= 11 is 1.56. The van der Waals surface area contributed by atoms with E-state index in [0.29, 0.717) is 5.92 Å². The number of piperidine rings is 1. The maximum atomic E-state index is 11.1. The van der Waals surface area contributed by atoms with E-state index in [-0.39, 0.29) is 0 Å². The molecule has 0 bridgehead atoms. The van der Waals surface area contributed by atoms with Gasteiger partial charge in [-0.2, -0.15) is 0 Å². The summed E-state index contributed by atoms with van der Waals surface area (Å²) in [6.45, 7) is 6.46. The molecular formula is C13H20N2OS. The molecule has 2 heterocycles. The molecule has 1 aliphatic rings. The van der Waals surface area contributed by atoms with Crippen molar-refractivity contribution in [1.29, 1.82) is 0 Å². The van der Waals surface area contributed by atoms with Gasteiger partial charge >= 0.3 is 0 Å². The van der Waals surface area contributed by atoms with Gasteiger partial charge in [-0.15, -0.1) is 0 Å². The minimum atomic E-state index is 0.380. The maximum Gasteiger partial charge on any atom is 0.186 e. The van der Waals surface area contributed by atoms with E-state index in [1.165, 1.54) is 19.3 Å². The summed E-state index contributed by atoms with van der Waals surface area (Å²) in [5.74, 6) is 0.380. The minimum Gasteiger partial charge on any atom is -0.348 e. The Morgan fingerprint density at radius 3 is 2.71 bits per heavy atom. The van der Waals surface area contributed by atoms with Crippen LogP contribution >= 0.6 is 11.3 Å². The maximum absolute atomic E-state index is 11.1. The number of anilines is 1. The van der Waals surface area contributed by atoms with E-state index >= 15 is 0 Å². The number of hydrogen-bond donors (Lipinski definition) is 0. The quantitative estimate of drug-likeness (QED) is 0.769. The Hall–Kier alpha value is -0.900. The van der Waals surface area contributed by atoms with Gasteiger partial charge in [0.1, 0.15) is 0 Å². The van der Waals surface area contributed by atoms with Gasteiger partial charge in [-0.05, 0) is 31.6 Å². The SMILES string of the molecule is CCC(C)c1nc(N2CCCCC2)sc1C=O. The molecule has 1 atom stereocenters. The van der Waals surface area contributed by atoms with Crippen LogP contribution in [0.15, 0.2) is 0 Å². The van der Waals surface area contributed by atoms with Crippen molar-refractivity contribution in [2.24, 2.45) is 0 Å². The molecule has 4 heteroatoms. The van der Waals surface area contributed by atoms with Gasteiger partial charge in [0.05, 0.1) is 10.6 Å². The van der Waals surface area contributed by atoms with Gasteiger partial charge in [0.15, 0.2) is 11.4 Å². The number of thiazole rings is 1. The number of aldehydes is 1. The highest BCUT2D eigenvalue weighted by atomic mass is 32.1. The molecule has 1 aromatic heterocycles. The van der Waals surface area contributed by atoms with Gasteiger partial charge in [0, 0.05) is 13.1 Å². The van der Waals surface area contributed by atoms with Gasteiger partial charge in [0.25, 0.3) is 0 Å². The molecule has 1 aliphatic heterocycles. The number of carbonyl (C=O) groups excluding carboxylic acids is 1. The first kappa shape index (κ1) is 12.6. The van der Waals surface area contributed by atoms with Crippen molar-refractivity contribution < 1.29 is 4.79 Å². The van der Waals surface area contributed by atoms with Crippen molar-refractivity contribution in [2.45, 2.75) is 45.4 Å². The molecule has 1 fully saturated rings. The topological polar surface area (TPSA) is 33.2 Å². The van der Waals surface area contributed by atoms with Crippen molar-refractivity contribution in [2.75, 3.05) is 18.0 Å². The van der Waals surface area contributed by atoms with E-state index in [9.17, 15) is 4.79 Å². The zero-order valence-corrected chi connectivity index (χ0v) is 11.4. The van der Waals surface area contributed by atoms with E-state index in [1.54, 1.807) is 11.3 Å². The first-order valence-corrected chi connectivity index (χ1v) is 7.28. The third-order valence-corrected chi connectivity index (χ3v) is 4.54. The Morgan fingerprint density at radius 1 is 1.41 bits per heavy atom. The minimum absolute atomic E-state index is 0.380. The lowest BCUT2D eigenvalue weighted by Crippen LogP contribution is -2.29. The van der Waals surface area contributed by atoms with Crippen molar-refractivity contribution >= 4 is 22.8 Å². The number of aromatic nitrogens is 1. The smallest absolute Gasteiger partial charge is 0.186 e. The summed E-state index contributed by atoms with van der Waals surface area (Å²) in [5.41, 5.74) is 0.994. The molecule has 0 spiro atoms. The zero-order valence-electron chi connectivity index (χ0n) is 10.6. The van der Waals surface area contributed by atoms with Crippen LogP contribution in [-0.4, -0.2) is 24.4 Å². The Kier molecular flexibility index (Phi) is 4.15. The fraction of sp³-hybridized carbons (Fsp3) is 0.692. The first-order valence-electron chi connectivity index (χ1n) is 6.47. The van der Waals surface area contributed by atoms with Crippen LogP contribution in [0.5, 0.6) is 0 Å². The van der Waals surface area contributed by atoms with Crippen LogP contribution in [0.25, 0.3) is 0 Å². The van der Waals surface area contributed by atoms with E-state index < -0.39 is 0 Å². The molecule has 17 heavy (non-hydrogen) atoms. The van der Waals surface area contributed by atoms with Crippen LogP contribution < -0.4 is 4.90 Å². The number of hydrogen-bond acceptors (Lipinski definition) is 4. The molecule has 0 aromatic carbocycles. The van der Waals surface area contributed by atoms with Gasteiger partial charge < -0.3 is 4.90 Å². The Labute approximate surface area is 107 Å². The van der Waals surface area contributed by atoms with Crippen LogP contribution in [0.4, 0.5) is 5.13 Å². The molecule has 0 aliphatic carbocycles. The Balaban J connectivity index is 2.23. The van der Waals surface area contributed by atoms with Crippen molar-refractivity contribution in [1.82, 2.24) is 4.98 Å². The summed E-state index contributed by atoms with van der Waals surface area (Å²) in [6, 6.07) is 0. The van der Waals surface area contributed by atoms with Gasteiger partial charge in [-0.25, -0.2) is 4.98 Å². The highest BCUT2D eigenvalue weighted by Crippen LogP contribution is 2.32. The average Bonchev–Trinajstić information content (AvgIpc) is 2.83. The van der Waals surface area contributed by atoms with E-state index in [1.807, 2.05) is 0 Å². The van der Waals surface area contributed by atoms with Gasteiger partial charge in [-0.1, -0.05) is 25.2 Å². The molecule has 0 saturated carbocycles. The number of rotatable bonds is 4. The Bertz CT molecular complexity index is 383. The van der Waals surface area contributed by atoms with E-state index in [0.717, 1.165) is 41.5 Å². The summed E-state index contributed by atoms with van der Waals surface area (Å²) in [6.07, 6.45) is 5.81. The summed E-state index contributed by atoms with van der Waals surface area (Å²) < 4.78 is 0. The molecule has 0 radical (unpaired) electrons. The van der Waals surface area contributed by atoms with Gasteiger partial charge in [-0.3, -0.25) is 4.79 Å². The van der Waals surface area contributed by atoms with E-state index in [4.69, 9.17) is 0 Å². The second-order valence-corrected chi connectivity index (χ2v) is 5.73. The zero-order chi connectivity index (χ0) is 12.3. The lowest BCUT2D eigenvalue weighted by molar-refractivity contribution is 0.112. The molecule has 1 saturated heterocycles. The summed E-state index contributed by atoms with van der Waals surface area (Å²) in [4.78, 5) is 18.9. The van der Waals surface area contributed by atoms with Crippen molar-refractivity contribution in [3.05, 3.63) is 10.6 Å². The molecule has 2 rings (SSSR count). The van der Waals surface area contributed by atoms with Crippen LogP contribution in [0, 0.1) is 0 Å². The molecule has 3 nitrogen and oxygen atoms in total. The van der Waals surface area contributed by atoms with Gasteiger partial charge in [0.2, 0.25) is 0 Å². The largest absolute Gasteiger partial charge is 0.348 e. The van der Waals surface area contributed by atoms with E-state index in [2.05, 4.69) is 23.7 Å². The molecule has 0 amide bonds. The third kappa shape index (κ3) is 2.68. The second-order valence-electron chi connectivity index (χ2n) is 4.72. The number of carbonyl (C=O) groups is 1. The first-order chi connectivity index (χ1) is 8.26. The lowest BCUT2D eigenvalue weighted by atomic mass is 10.0. The molecule has 1 aromatic rings. The number of nitrogens with zero attached hydrogens (tertiary/aromatic N) is 2. The lowest BCUT2D eigenvalue weighted by Gasteiger charge is -2.25.